The standard InChI is InChI=1S/C11H16N2O2S/c1-8(2)16-7-6-12-10-5-3-4-9(13-10)11(14)15/h3-5,8H,6-7H2,1-2H3,(H,12,13)(H,14,15). The van der Waals surface area contributed by atoms with Crippen LogP contribution in [-0.2, 0) is 0 Å². The van der Waals surface area contributed by atoms with E-state index in [9.17, 15) is 4.79 Å². The molecule has 0 radical (unpaired) electrons. The lowest BCUT2D eigenvalue weighted by molar-refractivity contribution is 0.0690. The van der Waals surface area contributed by atoms with Crippen molar-refractivity contribution in [2.45, 2.75) is 19.1 Å². The first kappa shape index (κ1) is 12.8. The van der Waals surface area contributed by atoms with Gasteiger partial charge >= 0.3 is 5.97 Å². The molecule has 0 fully saturated rings. The molecule has 0 saturated carbocycles. The zero-order valence-corrected chi connectivity index (χ0v) is 10.3. The van der Waals surface area contributed by atoms with Crippen LogP contribution in [0.25, 0.3) is 0 Å². The number of carbonyl (C=O) groups is 1. The van der Waals surface area contributed by atoms with Crippen LogP contribution in [0.5, 0.6) is 0 Å². The predicted molar refractivity (Wildman–Crippen MR) is 67.3 cm³/mol. The second kappa shape index (κ2) is 6.37. The van der Waals surface area contributed by atoms with E-state index in [0.717, 1.165) is 12.3 Å². The fourth-order valence-electron chi connectivity index (χ4n) is 1.13. The lowest BCUT2D eigenvalue weighted by Crippen LogP contribution is -2.09. The maximum absolute atomic E-state index is 10.7. The van der Waals surface area contributed by atoms with Gasteiger partial charge in [-0.05, 0) is 17.4 Å². The minimum absolute atomic E-state index is 0.0708. The third-order valence-corrected chi connectivity index (χ3v) is 2.93. The molecular weight excluding hydrogens is 224 g/mol. The Bertz CT molecular complexity index is 356. The van der Waals surface area contributed by atoms with E-state index in [1.54, 1.807) is 12.1 Å². The van der Waals surface area contributed by atoms with Gasteiger partial charge in [0.25, 0.3) is 0 Å². The summed E-state index contributed by atoms with van der Waals surface area (Å²) < 4.78 is 0. The third kappa shape index (κ3) is 4.53. The Balaban J connectivity index is 2.42. The van der Waals surface area contributed by atoms with Gasteiger partial charge in [0.05, 0.1) is 0 Å². The van der Waals surface area contributed by atoms with E-state index in [1.165, 1.54) is 6.07 Å². The maximum Gasteiger partial charge on any atom is 0.354 e. The second-order valence-electron chi connectivity index (χ2n) is 3.56. The average molecular weight is 240 g/mol. The summed E-state index contributed by atoms with van der Waals surface area (Å²) in [6.45, 7) is 5.08. The third-order valence-electron chi connectivity index (χ3n) is 1.83. The summed E-state index contributed by atoms with van der Waals surface area (Å²) in [4.78, 5) is 14.6. The van der Waals surface area contributed by atoms with E-state index in [2.05, 4.69) is 24.1 Å². The van der Waals surface area contributed by atoms with Crippen LogP contribution < -0.4 is 5.32 Å². The summed E-state index contributed by atoms with van der Waals surface area (Å²) in [6, 6.07) is 4.94. The Kier molecular flexibility index (Phi) is 5.11. The number of thioether (sulfide) groups is 1. The van der Waals surface area contributed by atoms with Crippen LogP contribution in [0.15, 0.2) is 18.2 Å². The fraction of sp³-hybridized carbons (Fsp3) is 0.455. The molecule has 0 saturated heterocycles. The van der Waals surface area contributed by atoms with Crippen molar-refractivity contribution in [3.05, 3.63) is 23.9 Å². The first-order valence-electron chi connectivity index (χ1n) is 5.15. The van der Waals surface area contributed by atoms with Crippen molar-refractivity contribution in [1.82, 2.24) is 4.98 Å². The van der Waals surface area contributed by atoms with E-state index < -0.39 is 5.97 Å². The smallest absolute Gasteiger partial charge is 0.354 e. The molecule has 0 unspecified atom stereocenters. The zero-order chi connectivity index (χ0) is 12.0. The number of aromatic carboxylic acids is 1. The monoisotopic (exact) mass is 240 g/mol. The summed E-state index contributed by atoms with van der Waals surface area (Å²) >= 11 is 1.85. The van der Waals surface area contributed by atoms with Gasteiger partial charge < -0.3 is 10.4 Å². The molecule has 0 bridgehead atoms. The van der Waals surface area contributed by atoms with E-state index in [-0.39, 0.29) is 5.69 Å². The van der Waals surface area contributed by atoms with E-state index in [1.807, 2.05) is 11.8 Å². The number of anilines is 1. The SMILES string of the molecule is CC(C)SCCNc1cccc(C(=O)O)n1. The lowest BCUT2D eigenvalue weighted by Gasteiger charge is -2.07. The highest BCUT2D eigenvalue weighted by atomic mass is 32.2. The van der Waals surface area contributed by atoms with Crippen molar-refractivity contribution in [3.63, 3.8) is 0 Å². The molecule has 0 aromatic carbocycles. The molecule has 0 atom stereocenters. The van der Waals surface area contributed by atoms with Crippen LogP contribution >= 0.6 is 11.8 Å². The molecule has 5 heteroatoms. The van der Waals surface area contributed by atoms with E-state index in [4.69, 9.17) is 5.11 Å². The van der Waals surface area contributed by atoms with Gasteiger partial charge in [-0.25, -0.2) is 9.78 Å². The largest absolute Gasteiger partial charge is 0.477 e. The number of carboxylic acid groups (broad SMARTS) is 1. The summed E-state index contributed by atoms with van der Waals surface area (Å²) in [5.41, 5.74) is 0.0708. The summed E-state index contributed by atoms with van der Waals surface area (Å²) in [5.74, 6) is 0.598. The van der Waals surface area contributed by atoms with Crippen LogP contribution in [-0.4, -0.2) is 33.6 Å². The number of hydrogen-bond acceptors (Lipinski definition) is 4. The van der Waals surface area contributed by atoms with E-state index >= 15 is 0 Å². The Labute approximate surface area is 99.5 Å². The van der Waals surface area contributed by atoms with Crippen molar-refractivity contribution in [1.29, 1.82) is 0 Å². The topological polar surface area (TPSA) is 62.2 Å². The summed E-state index contributed by atoms with van der Waals surface area (Å²) in [7, 11) is 0. The van der Waals surface area contributed by atoms with Gasteiger partial charge in [-0.2, -0.15) is 11.8 Å². The minimum Gasteiger partial charge on any atom is -0.477 e. The number of nitrogens with zero attached hydrogens (tertiary/aromatic N) is 1. The van der Waals surface area contributed by atoms with Gasteiger partial charge in [-0.15, -0.1) is 0 Å². The average Bonchev–Trinajstić information content (AvgIpc) is 2.24. The molecule has 0 amide bonds. The van der Waals surface area contributed by atoms with Crippen molar-refractivity contribution < 1.29 is 9.90 Å². The van der Waals surface area contributed by atoms with Gasteiger partial charge in [-0.3, -0.25) is 0 Å². The summed E-state index contributed by atoms with van der Waals surface area (Å²) in [5, 5.41) is 12.5. The molecule has 88 valence electrons. The predicted octanol–water partition coefficient (Wildman–Crippen LogP) is 2.33. The maximum atomic E-state index is 10.7. The summed E-state index contributed by atoms with van der Waals surface area (Å²) in [6.07, 6.45) is 0. The number of nitrogens with one attached hydrogen (secondary N) is 1. The lowest BCUT2D eigenvalue weighted by atomic mass is 10.3. The highest BCUT2D eigenvalue weighted by molar-refractivity contribution is 7.99. The molecule has 1 rings (SSSR count). The van der Waals surface area contributed by atoms with Gasteiger partial charge in [-0.1, -0.05) is 19.9 Å². The Morgan fingerprint density at radius 2 is 2.31 bits per heavy atom. The number of carboxylic acids is 1. The number of hydrogen-bond donors (Lipinski definition) is 2. The van der Waals surface area contributed by atoms with Crippen LogP contribution in [0.4, 0.5) is 5.82 Å². The Morgan fingerprint density at radius 3 is 2.94 bits per heavy atom. The van der Waals surface area contributed by atoms with Gasteiger partial charge in [0, 0.05) is 12.3 Å². The molecule has 0 aliphatic rings. The first-order valence-corrected chi connectivity index (χ1v) is 6.20. The quantitative estimate of drug-likeness (QED) is 0.747. The van der Waals surface area contributed by atoms with Gasteiger partial charge in [0.15, 0.2) is 5.69 Å². The fourth-order valence-corrected chi connectivity index (χ4v) is 1.82. The molecule has 1 aromatic rings. The molecule has 0 aliphatic carbocycles. The van der Waals surface area contributed by atoms with Crippen molar-refractivity contribution in [2.24, 2.45) is 0 Å². The normalized spacial score (nSPS) is 10.4. The van der Waals surface area contributed by atoms with E-state index in [0.29, 0.717) is 11.1 Å². The molecule has 1 aromatic heterocycles. The molecular formula is C11H16N2O2S. The van der Waals surface area contributed by atoms with Gasteiger partial charge in [0.2, 0.25) is 0 Å². The zero-order valence-electron chi connectivity index (χ0n) is 9.43. The first-order chi connectivity index (χ1) is 7.59. The highest BCUT2D eigenvalue weighted by Crippen LogP contribution is 2.09. The number of rotatable bonds is 6. The molecule has 1 heterocycles. The molecule has 0 spiro atoms. The molecule has 0 aliphatic heterocycles. The molecule has 4 nitrogen and oxygen atoms in total. The van der Waals surface area contributed by atoms with Crippen LogP contribution in [0, 0.1) is 0 Å². The van der Waals surface area contributed by atoms with Crippen LogP contribution in [0.1, 0.15) is 24.3 Å². The highest BCUT2D eigenvalue weighted by Gasteiger charge is 2.04. The molecule has 16 heavy (non-hydrogen) atoms. The van der Waals surface area contributed by atoms with Crippen molar-refractivity contribution >= 4 is 23.5 Å². The van der Waals surface area contributed by atoms with Crippen molar-refractivity contribution in [2.75, 3.05) is 17.6 Å². The molecule has 2 N–H and O–H groups in total. The second-order valence-corrected chi connectivity index (χ2v) is 5.24. The number of aromatic nitrogens is 1. The Morgan fingerprint density at radius 1 is 1.56 bits per heavy atom. The van der Waals surface area contributed by atoms with Crippen LogP contribution in [0.2, 0.25) is 0 Å². The number of pyridine rings is 1. The Hall–Kier alpha value is -1.23. The van der Waals surface area contributed by atoms with Crippen LogP contribution in [0.3, 0.4) is 0 Å². The minimum atomic E-state index is -1.000. The van der Waals surface area contributed by atoms with Crippen molar-refractivity contribution in [3.8, 4) is 0 Å². The van der Waals surface area contributed by atoms with Gasteiger partial charge in [0.1, 0.15) is 5.82 Å².